The molecule has 1 saturated heterocycles. The zero-order valence-electron chi connectivity index (χ0n) is 18.6. The molecule has 1 amide bonds. The quantitative estimate of drug-likeness (QED) is 0.552. The van der Waals surface area contributed by atoms with Gasteiger partial charge in [0.2, 0.25) is 0 Å². The lowest BCUT2D eigenvalue weighted by molar-refractivity contribution is 0.0647. The Morgan fingerprint density at radius 3 is 2.38 bits per heavy atom. The summed E-state index contributed by atoms with van der Waals surface area (Å²) in [5, 5.41) is 4.11. The SMILES string of the molecule is CN(CCc1ccc(S(C)=O)cc1)C1CCN(C(=O)c2ccc(-n3cncn3)cc2)CC1. The molecule has 0 bridgehead atoms. The van der Waals surface area contributed by atoms with E-state index in [1.54, 1.807) is 17.3 Å². The number of likely N-dealkylation sites (N-methyl/N-ethyl adjacent to an activating group) is 1. The molecule has 1 unspecified atom stereocenters. The number of nitrogens with zero attached hydrogens (tertiary/aromatic N) is 5. The molecule has 0 N–H and O–H groups in total. The van der Waals surface area contributed by atoms with Crippen molar-refractivity contribution in [3.63, 3.8) is 0 Å². The minimum Gasteiger partial charge on any atom is -0.339 e. The van der Waals surface area contributed by atoms with Crippen LogP contribution in [0.3, 0.4) is 0 Å². The summed E-state index contributed by atoms with van der Waals surface area (Å²) in [5.41, 5.74) is 2.85. The van der Waals surface area contributed by atoms with E-state index < -0.39 is 10.8 Å². The maximum atomic E-state index is 12.9. The third kappa shape index (κ3) is 5.31. The highest BCUT2D eigenvalue weighted by atomic mass is 32.2. The third-order valence-corrected chi connectivity index (χ3v) is 7.12. The molecule has 8 heteroatoms. The standard InChI is InChI=1S/C24H29N5O2S/c1-27(14-11-19-3-9-23(10-4-19)32(2)31)21-12-15-28(16-13-21)24(30)20-5-7-22(8-6-20)29-18-25-17-26-29/h3-10,17-18,21H,11-16H2,1-2H3. The molecule has 1 atom stereocenters. The van der Waals surface area contributed by atoms with Crippen molar-refractivity contribution >= 4 is 16.7 Å². The van der Waals surface area contributed by atoms with E-state index in [1.165, 1.54) is 11.9 Å². The second-order valence-corrected chi connectivity index (χ2v) is 9.62. The molecule has 168 valence electrons. The van der Waals surface area contributed by atoms with Crippen LogP contribution in [0, 0.1) is 0 Å². The van der Waals surface area contributed by atoms with Gasteiger partial charge < -0.3 is 9.80 Å². The summed E-state index contributed by atoms with van der Waals surface area (Å²) in [6.07, 6.45) is 7.75. The number of amides is 1. The molecular weight excluding hydrogens is 422 g/mol. The molecular formula is C24H29N5O2S. The van der Waals surface area contributed by atoms with Gasteiger partial charge >= 0.3 is 0 Å². The van der Waals surface area contributed by atoms with Crippen LogP contribution in [-0.4, -0.2) is 73.7 Å². The Morgan fingerprint density at radius 2 is 1.78 bits per heavy atom. The summed E-state index contributed by atoms with van der Waals surface area (Å²) in [6.45, 7) is 2.52. The molecule has 0 saturated carbocycles. The molecule has 1 aliphatic rings. The highest BCUT2D eigenvalue weighted by molar-refractivity contribution is 7.84. The summed E-state index contributed by atoms with van der Waals surface area (Å²) >= 11 is 0. The molecule has 2 aromatic carbocycles. The van der Waals surface area contributed by atoms with E-state index in [0.29, 0.717) is 11.6 Å². The minimum atomic E-state index is -0.932. The number of carbonyl (C=O) groups excluding carboxylic acids is 1. The number of benzene rings is 2. The van der Waals surface area contributed by atoms with Crippen molar-refractivity contribution in [2.24, 2.45) is 0 Å². The van der Waals surface area contributed by atoms with E-state index in [2.05, 4.69) is 34.2 Å². The maximum absolute atomic E-state index is 12.9. The lowest BCUT2D eigenvalue weighted by atomic mass is 10.0. The Morgan fingerprint density at radius 1 is 1.09 bits per heavy atom. The number of aromatic nitrogens is 3. The lowest BCUT2D eigenvalue weighted by Gasteiger charge is -2.37. The molecule has 0 spiro atoms. The highest BCUT2D eigenvalue weighted by Crippen LogP contribution is 2.19. The van der Waals surface area contributed by atoms with Crippen LogP contribution in [0.5, 0.6) is 0 Å². The van der Waals surface area contributed by atoms with Gasteiger partial charge in [0.15, 0.2) is 0 Å². The zero-order chi connectivity index (χ0) is 22.5. The van der Waals surface area contributed by atoms with E-state index in [4.69, 9.17) is 0 Å². The van der Waals surface area contributed by atoms with Crippen LogP contribution in [0.4, 0.5) is 0 Å². The third-order valence-electron chi connectivity index (χ3n) is 6.18. The predicted molar refractivity (Wildman–Crippen MR) is 125 cm³/mol. The molecule has 1 aliphatic heterocycles. The number of rotatable bonds is 7. The molecule has 7 nitrogen and oxygen atoms in total. The van der Waals surface area contributed by atoms with Crippen molar-refractivity contribution in [2.75, 3.05) is 32.9 Å². The van der Waals surface area contributed by atoms with Gasteiger partial charge in [-0.05, 0) is 68.3 Å². The largest absolute Gasteiger partial charge is 0.339 e. The first-order valence-corrected chi connectivity index (χ1v) is 12.4. The molecule has 1 aromatic heterocycles. The van der Waals surface area contributed by atoms with Gasteiger partial charge in [0.1, 0.15) is 12.7 Å². The van der Waals surface area contributed by atoms with Crippen molar-refractivity contribution in [3.05, 3.63) is 72.3 Å². The van der Waals surface area contributed by atoms with Gasteiger partial charge in [-0.3, -0.25) is 9.00 Å². The lowest BCUT2D eigenvalue weighted by Crippen LogP contribution is -2.46. The van der Waals surface area contributed by atoms with Gasteiger partial charge in [0, 0.05) is 53.2 Å². The van der Waals surface area contributed by atoms with Crippen LogP contribution in [0.25, 0.3) is 5.69 Å². The van der Waals surface area contributed by atoms with Crippen LogP contribution in [0.1, 0.15) is 28.8 Å². The smallest absolute Gasteiger partial charge is 0.253 e. The van der Waals surface area contributed by atoms with E-state index in [9.17, 15) is 9.00 Å². The minimum absolute atomic E-state index is 0.0876. The number of likely N-dealkylation sites (tertiary alicyclic amines) is 1. The van der Waals surface area contributed by atoms with Crippen molar-refractivity contribution < 1.29 is 9.00 Å². The van der Waals surface area contributed by atoms with Crippen molar-refractivity contribution in [2.45, 2.75) is 30.2 Å². The average Bonchev–Trinajstić information content (AvgIpc) is 3.37. The topological polar surface area (TPSA) is 71.3 Å². The van der Waals surface area contributed by atoms with Crippen molar-refractivity contribution in [3.8, 4) is 5.69 Å². The van der Waals surface area contributed by atoms with E-state index in [-0.39, 0.29) is 5.91 Å². The Hall–Kier alpha value is -2.84. The number of piperidine rings is 1. The second kappa shape index (κ2) is 10.2. The maximum Gasteiger partial charge on any atom is 0.253 e. The normalized spacial score (nSPS) is 15.8. The fourth-order valence-electron chi connectivity index (χ4n) is 4.13. The molecule has 32 heavy (non-hydrogen) atoms. The Balaban J connectivity index is 1.26. The van der Waals surface area contributed by atoms with Crippen LogP contribution in [0.15, 0.2) is 66.1 Å². The van der Waals surface area contributed by atoms with Gasteiger partial charge in [0.05, 0.1) is 5.69 Å². The number of hydrogen-bond donors (Lipinski definition) is 0. The van der Waals surface area contributed by atoms with Crippen LogP contribution >= 0.6 is 0 Å². The fourth-order valence-corrected chi connectivity index (χ4v) is 4.65. The summed E-state index contributed by atoms with van der Waals surface area (Å²) in [6, 6.07) is 16.0. The Labute approximate surface area is 191 Å². The molecule has 0 aliphatic carbocycles. The van der Waals surface area contributed by atoms with Crippen LogP contribution in [0.2, 0.25) is 0 Å². The fraction of sp³-hybridized carbons (Fsp3) is 0.375. The van der Waals surface area contributed by atoms with Gasteiger partial charge in [0.25, 0.3) is 5.91 Å². The Bertz CT molecular complexity index is 1040. The van der Waals surface area contributed by atoms with Crippen molar-refractivity contribution in [1.29, 1.82) is 0 Å². The number of hydrogen-bond acceptors (Lipinski definition) is 5. The monoisotopic (exact) mass is 451 g/mol. The molecule has 0 radical (unpaired) electrons. The van der Waals surface area contributed by atoms with Crippen LogP contribution in [-0.2, 0) is 17.2 Å². The summed E-state index contributed by atoms with van der Waals surface area (Å²) < 4.78 is 13.2. The first-order valence-electron chi connectivity index (χ1n) is 10.9. The summed E-state index contributed by atoms with van der Waals surface area (Å²) in [7, 11) is 1.23. The van der Waals surface area contributed by atoms with E-state index in [0.717, 1.165) is 49.5 Å². The van der Waals surface area contributed by atoms with Crippen LogP contribution < -0.4 is 0 Å². The van der Waals surface area contributed by atoms with Crippen molar-refractivity contribution in [1.82, 2.24) is 24.6 Å². The van der Waals surface area contributed by atoms with E-state index >= 15 is 0 Å². The van der Waals surface area contributed by atoms with E-state index in [1.807, 2.05) is 41.3 Å². The first-order chi connectivity index (χ1) is 15.5. The second-order valence-electron chi connectivity index (χ2n) is 8.24. The number of carbonyl (C=O) groups is 1. The molecule has 3 aromatic rings. The highest BCUT2D eigenvalue weighted by Gasteiger charge is 2.25. The van der Waals surface area contributed by atoms with Gasteiger partial charge in [-0.25, -0.2) is 9.67 Å². The predicted octanol–water partition coefficient (Wildman–Crippen LogP) is 2.78. The van der Waals surface area contributed by atoms with Gasteiger partial charge in [-0.15, -0.1) is 0 Å². The molecule has 4 rings (SSSR count). The average molecular weight is 452 g/mol. The first kappa shape index (κ1) is 22.4. The molecule has 1 fully saturated rings. The zero-order valence-corrected chi connectivity index (χ0v) is 19.4. The van der Waals surface area contributed by atoms with Gasteiger partial charge in [-0.1, -0.05) is 12.1 Å². The van der Waals surface area contributed by atoms with Gasteiger partial charge in [-0.2, -0.15) is 5.10 Å². The summed E-state index contributed by atoms with van der Waals surface area (Å²) in [4.78, 5) is 22.1. The molecule has 2 heterocycles. The Kier molecular flexibility index (Phi) is 7.12. The summed E-state index contributed by atoms with van der Waals surface area (Å²) in [5.74, 6) is 0.0876.